The van der Waals surface area contributed by atoms with Crippen molar-refractivity contribution in [2.24, 2.45) is 0 Å². The lowest BCUT2D eigenvalue weighted by molar-refractivity contribution is 0.748. The Morgan fingerprint density at radius 3 is 2.91 bits per heavy atom. The van der Waals surface area contributed by atoms with Crippen LogP contribution in [0.15, 0.2) is 36.7 Å². The van der Waals surface area contributed by atoms with Gasteiger partial charge in [0.2, 0.25) is 0 Å². The normalized spacial score (nSPS) is 12.5. The summed E-state index contributed by atoms with van der Waals surface area (Å²) in [4.78, 5) is 9.04. The Balaban J connectivity index is 1.83. The molecule has 3 aromatic rings. The van der Waals surface area contributed by atoms with E-state index in [0.29, 0.717) is 0 Å². The molecule has 0 saturated carbocycles. The summed E-state index contributed by atoms with van der Waals surface area (Å²) in [5.41, 5.74) is 4.30. The average molecular weight is 295 g/mol. The molecular weight excluding hydrogens is 274 g/mol. The van der Waals surface area contributed by atoms with E-state index in [2.05, 4.69) is 53.3 Å². The molecule has 0 amide bonds. The number of hydrogen-bond acceptors (Lipinski definition) is 4. The summed E-state index contributed by atoms with van der Waals surface area (Å²) in [6.07, 6.45) is 5.41. The maximum absolute atomic E-state index is 4.57. The predicted molar refractivity (Wildman–Crippen MR) is 88.1 cm³/mol. The van der Waals surface area contributed by atoms with Crippen molar-refractivity contribution in [1.29, 1.82) is 0 Å². The molecule has 22 heavy (non-hydrogen) atoms. The third-order valence-corrected chi connectivity index (χ3v) is 3.79. The molecule has 0 aliphatic rings. The molecule has 3 heterocycles. The molecule has 5 nitrogen and oxygen atoms in total. The monoisotopic (exact) mass is 295 g/mol. The van der Waals surface area contributed by atoms with Crippen molar-refractivity contribution in [3.8, 4) is 0 Å². The van der Waals surface area contributed by atoms with E-state index in [9.17, 15) is 0 Å². The summed E-state index contributed by atoms with van der Waals surface area (Å²) in [7, 11) is 0. The molecule has 1 unspecified atom stereocenters. The Morgan fingerprint density at radius 1 is 1.27 bits per heavy atom. The predicted octanol–water partition coefficient (Wildman–Crippen LogP) is 3.04. The largest absolute Gasteiger partial charge is 0.367 e. The molecule has 3 aromatic heterocycles. The molecule has 0 saturated heterocycles. The number of hydrogen-bond donors (Lipinski definition) is 1. The molecule has 114 valence electrons. The van der Waals surface area contributed by atoms with E-state index in [1.807, 2.05) is 22.8 Å². The molecular formula is C17H21N5. The van der Waals surface area contributed by atoms with E-state index in [1.165, 1.54) is 5.56 Å². The minimum absolute atomic E-state index is 0.258. The SMILES string of the molecule is CCc1cc(NC(C)Cc2ncccc2C)n2nccc2n1. The maximum Gasteiger partial charge on any atom is 0.157 e. The van der Waals surface area contributed by atoms with Crippen LogP contribution in [-0.4, -0.2) is 25.6 Å². The van der Waals surface area contributed by atoms with Crippen molar-refractivity contribution < 1.29 is 0 Å². The van der Waals surface area contributed by atoms with Crippen molar-refractivity contribution in [2.45, 2.75) is 39.7 Å². The third kappa shape index (κ3) is 2.93. The minimum atomic E-state index is 0.258. The van der Waals surface area contributed by atoms with Crippen LogP contribution in [0.3, 0.4) is 0 Å². The fourth-order valence-corrected chi connectivity index (χ4v) is 2.57. The highest BCUT2D eigenvalue weighted by Gasteiger charge is 2.11. The Kier molecular flexibility index (Phi) is 4.04. The van der Waals surface area contributed by atoms with Crippen molar-refractivity contribution in [1.82, 2.24) is 19.6 Å². The molecule has 5 heteroatoms. The van der Waals surface area contributed by atoms with Gasteiger partial charge in [-0.05, 0) is 31.9 Å². The van der Waals surface area contributed by atoms with E-state index >= 15 is 0 Å². The number of aromatic nitrogens is 4. The topological polar surface area (TPSA) is 55.1 Å². The summed E-state index contributed by atoms with van der Waals surface area (Å²) in [5, 5.41) is 7.89. The maximum atomic E-state index is 4.57. The van der Waals surface area contributed by atoms with E-state index in [4.69, 9.17) is 0 Å². The number of pyridine rings is 1. The van der Waals surface area contributed by atoms with E-state index in [1.54, 1.807) is 6.20 Å². The molecule has 1 atom stereocenters. The Morgan fingerprint density at radius 2 is 2.14 bits per heavy atom. The zero-order valence-corrected chi connectivity index (χ0v) is 13.2. The van der Waals surface area contributed by atoms with Crippen LogP contribution < -0.4 is 5.32 Å². The lowest BCUT2D eigenvalue weighted by atomic mass is 10.1. The van der Waals surface area contributed by atoms with Crippen LogP contribution in [0.4, 0.5) is 5.82 Å². The summed E-state index contributed by atoms with van der Waals surface area (Å²) in [6, 6.07) is 8.33. The molecule has 1 N–H and O–H groups in total. The van der Waals surface area contributed by atoms with Gasteiger partial charge in [0.1, 0.15) is 5.82 Å². The van der Waals surface area contributed by atoms with Gasteiger partial charge in [-0.25, -0.2) is 4.98 Å². The third-order valence-electron chi connectivity index (χ3n) is 3.79. The summed E-state index contributed by atoms with van der Waals surface area (Å²) in [6.45, 7) is 6.37. The first kappa shape index (κ1) is 14.5. The summed E-state index contributed by atoms with van der Waals surface area (Å²) >= 11 is 0. The van der Waals surface area contributed by atoms with Gasteiger partial charge in [0.25, 0.3) is 0 Å². The van der Waals surface area contributed by atoms with Crippen LogP contribution in [-0.2, 0) is 12.8 Å². The lowest BCUT2D eigenvalue weighted by Gasteiger charge is -2.17. The van der Waals surface area contributed by atoms with Gasteiger partial charge in [0, 0.05) is 42.2 Å². The molecule has 0 fully saturated rings. The zero-order chi connectivity index (χ0) is 15.5. The highest BCUT2D eigenvalue weighted by molar-refractivity contribution is 5.49. The number of anilines is 1. The van der Waals surface area contributed by atoms with E-state index in [0.717, 1.165) is 35.7 Å². The van der Waals surface area contributed by atoms with Gasteiger partial charge in [-0.1, -0.05) is 13.0 Å². The van der Waals surface area contributed by atoms with Crippen molar-refractivity contribution in [3.63, 3.8) is 0 Å². The first-order valence-electron chi connectivity index (χ1n) is 7.68. The minimum Gasteiger partial charge on any atom is -0.367 e. The summed E-state index contributed by atoms with van der Waals surface area (Å²) < 4.78 is 1.85. The fourth-order valence-electron chi connectivity index (χ4n) is 2.57. The number of nitrogens with one attached hydrogen (secondary N) is 1. The van der Waals surface area contributed by atoms with Crippen LogP contribution in [0.1, 0.15) is 30.8 Å². The number of nitrogens with zero attached hydrogens (tertiary/aromatic N) is 4. The van der Waals surface area contributed by atoms with Gasteiger partial charge in [-0.3, -0.25) is 4.98 Å². The number of fused-ring (bicyclic) bond motifs is 1. The molecule has 3 rings (SSSR count). The van der Waals surface area contributed by atoms with Gasteiger partial charge in [0.15, 0.2) is 5.65 Å². The van der Waals surface area contributed by atoms with Gasteiger partial charge < -0.3 is 5.32 Å². The van der Waals surface area contributed by atoms with Gasteiger partial charge in [0.05, 0.1) is 6.20 Å². The van der Waals surface area contributed by atoms with Crippen molar-refractivity contribution in [3.05, 3.63) is 53.6 Å². The van der Waals surface area contributed by atoms with Gasteiger partial charge in [-0.2, -0.15) is 9.61 Å². The van der Waals surface area contributed by atoms with Crippen LogP contribution in [0.2, 0.25) is 0 Å². The number of rotatable bonds is 5. The second-order valence-corrected chi connectivity index (χ2v) is 5.60. The standard InChI is InChI=1S/C17H21N5/c1-4-14-11-17(22-16(21-14)7-9-19-22)20-13(3)10-15-12(2)6-5-8-18-15/h5-9,11,13,20H,4,10H2,1-3H3. The highest BCUT2D eigenvalue weighted by atomic mass is 15.3. The molecule has 0 spiro atoms. The smallest absolute Gasteiger partial charge is 0.157 e. The van der Waals surface area contributed by atoms with Crippen LogP contribution in [0.25, 0.3) is 5.65 Å². The Labute approximate surface area is 130 Å². The Bertz CT molecular complexity index is 778. The van der Waals surface area contributed by atoms with Crippen LogP contribution in [0, 0.1) is 6.92 Å². The van der Waals surface area contributed by atoms with Crippen LogP contribution in [0.5, 0.6) is 0 Å². The molecule has 0 radical (unpaired) electrons. The first-order valence-corrected chi connectivity index (χ1v) is 7.68. The van der Waals surface area contributed by atoms with E-state index in [-0.39, 0.29) is 6.04 Å². The first-order chi connectivity index (χ1) is 10.7. The highest BCUT2D eigenvalue weighted by Crippen LogP contribution is 2.15. The average Bonchev–Trinajstić information content (AvgIpc) is 2.98. The molecule has 0 aliphatic heterocycles. The molecule has 0 aliphatic carbocycles. The zero-order valence-electron chi connectivity index (χ0n) is 13.2. The van der Waals surface area contributed by atoms with E-state index < -0.39 is 0 Å². The van der Waals surface area contributed by atoms with Gasteiger partial charge in [-0.15, -0.1) is 0 Å². The van der Waals surface area contributed by atoms with Crippen molar-refractivity contribution in [2.75, 3.05) is 5.32 Å². The molecule has 0 bridgehead atoms. The quantitative estimate of drug-likeness (QED) is 0.786. The second kappa shape index (κ2) is 6.13. The number of aryl methyl sites for hydroxylation is 2. The second-order valence-electron chi connectivity index (χ2n) is 5.60. The van der Waals surface area contributed by atoms with Gasteiger partial charge >= 0.3 is 0 Å². The van der Waals surface area contributed by atoms with Crippen molar-refractivity contribution >= 4 is 11.5 Å². The van der Waals surface area contributed by atoms with Crippen LogP contribution >= 0.6 is 0 Å². The lowest BCUT2D eigenvalue weighted by Crippen LogP contribution is -2.21. The fraction of sp³-hybridized carbons (Fsp3) is 0.353. The summed E-state index contributed by atoms with van der Waals surface area (Å²) in [5.74, 6) is 0.980. The Hall–Kier alpha value is -2.43. The molecule has 0 aromatic carbocycles.